The molecule has 0 heterocycles. The van der Waals surface area contributed by atoms with Crippen molar-refractivity contribution in [2.75, 3.05) is 13.2 Å². The van der Waals surface area contributed by atoms with Crippen LogP contribution in [0.15, 0.2) is 18.2 Å². The number of hydrogen-bond acceptors (Lipinski definition) is 4. The fraction of sp³-hybridized carbons (Fsp3) is 0.500. The molecular weight excluding hydrogens is 296 g/mol. The van der Waals surface area contributed by atoms with Crippen LogP contribution in [0.1, 0.15) is 37.0 Å². The molecule has 0 aliphatic rings. The van der Waals surface area contributed by atoms with Gasteiger partial charge in [-0.15, -0.1) is 0 Å². The highest BCUT2D eigenvalue weighted by Gasteiger charge is 2.21. The van der Waals surface area contributed by atoms with E-state index in [9.17, 15) is 14.9 Å². The molecule has 2 N–H and O–H groups in total. The fourth-order valence-electron chi connectivity index (χ4n) is 1.79. The van der Waals surface area contributed by atoms with Gasteiger partial charge in [0.15, 0.2) is 0 Å². The highest BCUT2D eigenvalue weighted by molar-refractivity contribution is 6.31. The van der Waals surface area contributed by atoms with Crippen molar-refractivity contribution in [3.63, 3.8) is 0 Å². The van der Waals surface area contributed by atoms with Crippen molar-refractivity contribution in [3.8, 4) is 0 Å². The smallest absolute Gasteiger partial charge is 0.283 e. The van der Waals surface area contributed by atoms with Crippen LogP contribution in [0.5, 0.6) is 0 Å². The minimum Gasteiger partial charge on any atom is -0.396 e. The van der Waals surface area contributed by atoms with Crippen molar-refractivity contribution in [1.82, 2.24) is 5.32 Å². The van der Waals surface area contributed by atoms with E-state index >= 15 is 0 Å². The van der Waals surface area contributed by atoms with E-state index in [1.807, 2.05) is 13.8 Å². The zero-order chi connectivity index (χ0) is 16.0. The zero-order valence-electron chi connectivity index (χ0n) is 12.1. The molecule has 116 valence electrons. The number of aliphatic hydroxyl groups excluding tert-OH is 1. The molecule has 0 aliphatic carbocycles. The van der Waals surface area contributed by atoms with Crippen LogP contribution in [0.25, 0.3) is 0 Å². The predicted molar refractivity (Wildman–Crippen MR) is 80.5 cm³/mol. The minimum absolute atomic E-state index is 0.00850. The molecule has 0 fully saturated rings. The van der Waals surface area contributed by atoms with Crippen LogP contribution in [-0.4, -0.2) is 29.1 Å². The monoisotopic (exact) mass is 314 g/mol. The molecule has 1 rings (SSSR count). The van der Waals surface area contributed by atoms with Gasteiger partial charge in [-0.05, 0) is 30.4 Å². The molecule has 1 amide bonds. The van der Waals surface area contributed by atoms with E-state index < -0.39 is 10.8 Å². The van der Waals surface area contributed by atoms with Crippen molar-refractivity contribution >= 4 is 23.2 Å². The molecule has 0 saturated heterocycles. The van der Waals surface area contributed by atoms with E-state index in [4.69, 9.17) is 16.7 Å². The minimum atomic E-state index is -0.629. The quantitative estimate of drug-likeness (QED) is 0.460. The summed E-state index contributed by atoms with van der Waals surface area (Å²) in [6.45, 7) is 4.32. The molecule has 0 spiro atoms. The van der Waals surface area contributed by atoms with Crippen molar-refractivity contribution in [2.45, 2.75) is 26.7 Å². The molecule has 0 aliphatic heterocycles. The number of nitro groups is 1. The maximum Gasteiger partial charge on any atom is 0.283 e. The van der Waals surface area contributed by atoms with E-state index in [1.54, 1.807) is 0 Å². The third-order valence-corrected chi connectivity index (χ3v) is 3.38. The van der Waals surface area contributed by atoms with Crippen molar-refractivity contribution in [1.29, 1.82) is 0 Å². The Morgan fingerprint density at radius 3 is 2.71 bits per heavy atom. The predicted octanol–water partition coefficient (Wildman–Crippen LogP) is 2.78. The Hall–Kier alpha value is -1.66. The molecule has 1 aromatic rings. The van der Waals surface area contributed by atoms with Crippen LogP contribution in [0.3, 0.4) is 0 Å². The van der Waals surface area contributed by atoms with Gasteiger partial charge in [0.25, 0.3) is 11.6 Å². The van der Waals surface area contributed by atoms with Gasteiger partial charge in [-0.25, -0.2) is 0 Å². The molecule has 7 heteroatoms. The molecular formula is C14H19ClN2O4. The highest BCUT2D eigenvalue weighted by atomic mass is 35.5. The maximum atomic E-state index is 12.0. The summed E-state index contributed by atoms with van der Waals surface area (Å²) in [7, 11) is 0. The maximum absolute atomic E-state index is 12.0. The van der Waals surface area contributed by atoms with Crippen LogP contribution >= 0.6 is 11.6 Å². The molecule has 0 atom stereocenters. The molecule has 0 unspecified atom stereocenters. The Balaban J connectivity index is 2.63. The number of amides is 1. The average molecular weight is 315 g/mol. The molecule has 21 heavy (non-hydrogen) atoms. The summed E-state index contributed by atoms with van der Waals surface area (Å²) in [5.41, 5.74) is -0.515. The van der Waals surface area contributed by atoms with Crippen LogP contribution in [-0.2, 0) is 0 Å². The second-order valence-corrected chi connectivity index (χ2v) is 6.04. The number of rotatable bonds is 7. The van der Waals surface area contributed by atoms with E-state index in [-0.39, 0.29) is 28.3 Å². The first-order valence-electron chi connectivity index (χ1n) is 6.60. The van der Waals surface area contributed by atoms with Gasteiger partial charge in [-0.3, -0.25) is 14.9 Å². The van der Waals surface area contributed by atoms with Gasteiger partial charge in [0.2, 0.25) is 0 Å². The third kappa shape index (κ3) is 5.32. The van der Waals surface area contributed by atoms with Gasteiger partial charge in [0.05, 0.1) is 4.92 Å². The molecule has 6 nitrogen and oxygen atoms in total. The van der Waals surface area contributed by atoms with Crippen molar-refractivity contribution in [2.24, 2.45) is 5.41 Å². The lowest BCUT2D eigenvalue weighted by Gasteiger charge is -2.21. The number of carbonyl (C=O) groups is 1. The first kappa shape index (κ1) is 17.4. The zero-order valence-corrected chi connectivity index (χ0v) is 12.8. The number of benzene rings is 1. The van der Waals surface area contributed by atoms with E-state index in [1.165, 1.54) is 12.1 Å². The number of nitrogens with zero attached hydrogens (tertiary/aromatic N) is 1. The summed E-state index contributed by atoms with van der Waals surface area (Å²) in [5.74, 6) is -0.500. The largest absolute Gasteiger partial charge is 0.396 e. The molecule has 0 aromatic heterocycles. The van der Waals surface area contributed by atoms with E-state index in [0.717, 1.165) is 12.5 Å². The van der Waals surface area contributed by atoms with Gasteiger partial charge in [0.1, 0.15) is 5.56 Å². The number of nitro benzene ring substituents is 1. The lowest BCUT2D eigenvalue weighted by atomic mass is 9.89. The number of halogens is 1. The fourth-order valence-corrected chi connectivity index (χ4v) is 1.96. The number of hydrogen-bond donors (Lipinski definition) is 2. The summed E-state index contributed by atoms with van der Waals surface area (Å²) in [6.07, 6.45) is 1.42. The highest BCUT2D eigenvalue weighted by Crippen LogP contribution is 2.23. The lowest BCUT2D eigenvalue weighted by molar-refractivity contribution is -0.385. The first-order valence-corrected chi connectivity index (χ1v) is 6.97. The second kappa shape index (κ2) is 7.38. The Kier molecular flexibility index (Phi) is 6.11. The second-order valence-electron chi connectivity index (χ2n) is 5.60. The SMILES string of the molecule is CC(C)(CO)CCCNC(=O)c1ccc(Cl)cc1[N+](=O)[O-]. The summed E-state index contributed by atoms with van der Waals surface area (Å²) in [6, 6.07) is 3.94. The van der Waals surface area contributed by atoms with Gasteiger partial charge in [0, 0.05) is 24.2 Å². The van der Waals surface area contributed by atoms with Crippen LogP contribution in [0.2, 0.25) is 5.02 Å². The third-order valence-electron chi connectivity index (χ3n) is 3.15. The number of nitrogens with one attached hydrogen (secondary N) is 1. The molecule has 1 aromatic carbocycles. The van der Waals surface area contributed by atoms with Gasteiger partial charge < -0.3 is 10.4 Å². The standard InChI is InChI=1S/C14H19ClN2O4/c1-14(2,9-18)6-3-7-16-13(19)11-5-4-10(15)8-12(11)17(20)21/h4-5,8,18H,3,6-7,9H2,1-2H3,(H,16,19). The Morgan fingerprint density at radius 1 is 1.48 bits per heavy atom. The Morgan fingerprint density at radius 2 is 2.14 bits per heavy atom. The number of carbonyl (C=O) groups excluding carboxylic acids is 1. The van der Waals surface area contributed by atoms with Crippen LogP contribution in [0, 0.1) is 15.5 Å². The molecule has 0 saturated carbocycles. The average Bonchev–Trinajstić information content (AvgIpc) is 2.43. The van der Waals surface area contributed by atoms with E-state index in [0.29, 0.717) is 13.0 Å². The topological polar surface area (TPSA) is 92.5 Å². The summed E-state index contributed by atoms with van der Waals surface area (Å²) >= 11 is 5.70. The summed E-state index contributed by atoms with van der Waals surface area (Å²) in [5, 5.41) is 22.9. The molecule has 0 bridgehead atoms. The summed E-state index contributed by atoms with van der Waals surface area (Å²) in [4.78, 5) is 22.3. The Bertz CT molecular complexity index is 532. The van der Waals surface area contributed by atoms with Crippen molar-refractivity contribution < 1.29 is 14.8 Å². The van der Waals surface area contributed by atoms with Gasteiger partial charge in [-0.1, -0.05) is 25.4 Å². The molecule has 0 radical (unpaired) electrons. The normalized spacial score (nSPS) is 11.2. The van der Waals surface area contributed by atoms with Gasteiger partial charge >= 0.3 is 0 Å². The Labute approximate surface area is 128 Å². The van der Waals surface area contributed by atoms with E-state index in [2.05, 4.69) is 5.32 Å². The lowest BCUT2D eigenvalue weighted by Crippen LogP contribution is -2.27. The van der Waals surface area contributed by atoms with Crippen LogP contribution in [0.4, 0.5) is 5.69 Å². The van der Waals surface area contributed by atoms with Gasteiger partial charge in [-0.2, -0.15) is 0 Å². The number of aliphatic hydroxyl groups is 1. The summed E-state index contributed by atoms with van der Waals surface area (Å²) < 4.78 is 0. The van der Waals surface area contributed by atoms with Crippen LogP contribution < -0.4 is 5.32 Å². The first-order chi connectivity index (χ1) is 9.76. The van der Waals surface area contributed by atoms with Crippen molar-refractivity contribution in [3.05, 3.63) is 38.9 Å².